The highest BCUT2D eigenvalue weighted by atomic mass is 79.9. The molecule has 2 nitrogen and oxygen atoms in total. The third-order valence-electron chi connectivity index (χ3n) is 1.81. The zero-order chi connectivity index (χ0) is 7.07. The molecule has 54 valence electrons. The predicted octanol–water partition coefficient (Wildman–Crippen LogP) is 0.0329. The Bertz CT molecular complexity index is 122. The lowest BCUT2D eigenvalue weighted by molar-refractivity contribution is 0.243. The summed E-state index contributed by atoms with van der Waals surface area (Å²) in [6.45, 7) is 0.122. The Labute approximate surface area is 67.8 Å². The maximum Gasteiger partial charge on any atom is 0.0590 e. The third kappa shape index (κ3) is 1.02. The van der Waals surface area contributed by atoms with E-state index in [0.29, 0.717) is 0 Å². The molecule has 3 atom stereocenters. The fourth-order valence-corrected chi connectivity index (χ4v) is 2.42. The van der Waals surface area contributed by atoms with Gasteiger partial charge in [-0.25, -0.2) is 0 Å². The van der Waals surface area contributed by atoms with E-state index < -0.39 is 0 Å². The molecule has 1 aliphatic rings. The smallest absolute Gasteiger partial charge is 0.0590 e. The lowest BCUT2D eigenvalue weighted by atomic mass is 10.3. The first kappa shape index (κ1) is 7.85. The average molecular weight is 213 g/mol. The van der Waals surface area contributed by atoms with Crippen LogP contribution in [-0.4, -0.2) is 33.0 Å². The Kier molecular flexibility index (Phi) is 2.11. The Morgan fingerprint density at radius 3 is 2.22 bits per heavy atom. The lowest BCUT2D eigenvalue weighted by Crippen LogP contribution is -2.11. The number of rotatable bonds is 2. The highest BCUT2D eigenvalue weighted by Crippen LogP contribution is 2.53. The first-order valence-corrected chi connectivity index (χ1v) is 4.11. The molecule has 0 aromatic rings. The van der Waals surface area contributed by atoms with Gasteiger partial charge in [-0.2, -0.15) is 12.6 Å². The topological polar surface area (TPSA) is 40.5 Å². The second-order valence-corrected chi connectivity index (χ2v) is 4.16. The minimum Gasteiger partial charge on any atom is -0.396 e. The van der Waals surface area contributed by atoms with Crippen molar-refractivity contribution in [3.63, 3.8) is 0 Å². The van der Waals surface area contributed by atoms with Gasteiger partial charge in [0.2, 0.25) is 0 Å². The highest BCUT2D eigenvalue weighted by molar-refractivity contribution is 9.09. The number of halogens is 1. The molecule has 0 aromatic heterocycles. The molecule has 0 heterocycles. The van der Waals surface area contributed by atoms with Crippen molar-refractivity contribution in [2.75, 3.05) is 13.2 Å². The van der Waals surface area contributed by atoms with E-state index in [0.717, 1.165) is 0 Å². The number of alkyl halides is 1. The van der Waals surface area contributed by atoms with Crippen LogP contribution in [0.1, 0.15) is 0 Å². The number of aliphatic hydroxyl groups is 2. The van der Waals surface area contributed by atoms with E-state index in [-0.39, 0.29) is 28.7 Å². The van der Waals surface area contributed by atoms with Crippen LogP contribution in [0.4, 0.5) is 0 Å². The van der Waals surface area contributed by atoms with Gasteiger partial charge in [-0.3, -0.25) is 0 Å². The zero-order valence-corrected chi connectivity index (χ0v) is 7.27. The van der Waals surface area contributed by atoms with Crippen molar-refractivity contribution in [1.29, 1.82) is 0 Å². The van der Waals surface area contributed by atoms with Gasteiger partial charge in [-0.1, -0.05) is 15.9 Å². The summed E-state index contributed by atoms with van der Waals surface area (Å²) >= 11 is 7.47. The maximum absolute atomic E-state index is 8.72. The second kappa shape index (κ2) is 2.42. The zero-order valence-electron chi connectivity index (χ0n) is 4.79. The van der Waals surface area contributed by atoms with Gasteiger partial charge in [0.1, 0.15) is 0 Å². The summed E-state index contributed by atoms with van der Waals surface area (Å²) < 4.78 is -0.366. The Morgan fingerprint density at radius 2 is 2.11 bits per heavy atom. The molecule has 0 radical (unpaired) electrons. The van der Waals surface area contributed by atoms with Gasteiger partial charge < -0.3 is 10.2 Å². The molecule has 0 aliphatic heterocycles. The summed E-state index contributed by atoms with van der Waals surface area (Å²) in [6, 6.07) is 0. The van der Waals surface area contributed by atoms with Crippen molar-refractivity contribution in [1.82, 2.24) is 0 Å². The minimum atomic E-state index is -0.366. The van der Waals surface area contributed by atoms with Gasteiger partial charge in [0.25, 0.3) is 0 Å². The molecule has 1 rings (SSSR count). The van der Waals surface area contributed by atoms with Crippen molar-refractivity contribution in [2.45, 2.75) is 9.57 Å². The molecule has 0 amide bonds. The summed E-state index contributed by atoms with van der Waals surface area (Å²) in [7, 11) is 0. The van der Waals surface area contributed by atoms with Crippen LogP contribution in [0.3, 0.4) is 0 Å². The van der Waals surface area contributed by atoms with Gasteiger partial charge in [0.05, 0.1) is 11.4 Å². The molecule has 0 saturated heterocycles. The van der Waals surface area contributed by atoms with Crippen molar-refractivity contribution in [3.05, 3.63) is 0 Å². The first-order valence-electron chi connectivity index (χ1n) is 2.75. The average Bonchev–Trinajstić information content (AvgIpc) is 2.38. The summed E-state index contributed by atoms with van der Waals surface area (Å²) in [6.07, 6.45) is 0. The SMILES string of the molecule is OCC1C(Br)C1(S)CO. The largest absolute Gasteiger partial charge is 0.396 e. The summed E-state index contributed by atoms with van der Waals surface area (Å²) in [5.74, 6) is 0.117. The van der Waals surface area contributed by atoms with Crippen molar-refractivity contribution >= 4 is 28.6 Å². The summed E-state index contributed by atoms with van der Waals surface area (Å²) in [5.41, 5.74) is 0. The highest BCUT2D eigenvalue weighted by Gasteiger charge is 2.60. The van der Waals surface area contributed by atoms with Crippen LogP contribution < -0.4 is 0 Å². The Hall–Kier alpha value is 0.750. The second-order valence-electron chi connectivity index (χ2n) is 2.34. The van der Waals surface area contributed by atoms with Gasteiger partial charge in [0.15, 0.2) is 0 Å². The number of hydrogen-bond acceptors (Lipinski definition) is 3. The van der Waals surface area contributed by atoms with Gasteiger partial charge in [-0.15, -0.1) is 0 Å². The number of thiol groups is 1. The fourth-order valence-electron chi connectivity index (χ4n) is 0.909. The molecule has 0 bridgehead atoms. The van der Waals surface area contributed by atoms with E-state index in [2.05, 4.69) is 28.6 Å². The lowest BCUT2D eigenvalue weighted by Gasteiger charge is -2.01. The standard InChI is InChI=1S/C5H9BrO2S/c6-4-3(1-7)5(4,9)2-8/h3-4,7-9H,1-2H2. The number of aliphatic hydroxyl groups excluding tert-OH is 2. The molecule has 2 N–H and O–H groups in total. The summed E-state index contributed by atoms with van der Waals surface area (Å²) in [5, 5.41) is 17.4. The van der Waals surface area contributed by atoms with Gasteiger partial charge >= 0.3 is 0 Å². The maximum atomic E-state index is 8.72. The van der Waals surface area contributed by atoms with E-state index in [9.17, 15) is 0 Å². The fraction of sp³-hybridized carbons (Fsp3) is 1.00. The van der Waals surface area contributed by atoms with Crippen LogP contribution in [-0.2, 0) is 0 Å². The van der Waals surface area contributed by atoms with Crippen molar-refractivity contribution in [2.24, 2.45) is 5.92 Å². The van der Waals surface area contributed by atoms with Crippen LogP contribution in [0.5, 0.6) is 0 Å². The normalized spacial score (nSPS) is 49.3. The van der Waals surface area contributed by atoms with Crippen LogP contribution in [0, 0.1) is 5.92 Å². The molecular formula is C5H9BrO2S. The Morgan fingerprint density at radius 1 is 1.56 bits per heavy atom. The van der Waals surface area contributed by atoms with E-state index >= 15 is 0 Å². The monoisotopic (exact) mass is 212 g/mol. The van der Waals surface area contributed by atoms with E-state index in [1.165, 1.54) is 0 Å². The Balaban J connectivity index is 2.48. The molecule has 1 aliphatic carbocycles. The van der Waals surface area contributed by atoms with E-state index in [1.54, 1.807) is 0 Å². The molecule has 9 heavy (non-hydrogen) atoms. The van der Waals surface area contributed by atoms with Crippen LogP contribution in [0.15, 0.2) is 0 Å². The molecule has 1 saturated carbocycles. The van der Waals surface area contributed by atoms with E-state index in [1.807, 2.05) is 0 Å². The number of hydrogen-bond donors (Lipinski definition) is 3. The van der Waals surface area contributed by atoms with E-state index in [4.69, 9.17) is 10.2 Å². The molecule has 3 unspecified atom stereocenters. The molecule has 4 heteroatoms. The predicted molar refractivity (Wildman–Crippen MR) is 42.1 cm³/mol. The molecule has 1 fully saturated rings. The van der Waals surface area contributed by atoms with Gasteiger partial charge in [-0.05, 0) is 0 Å². The summed E-state index contributed by atoms with van der Waals surface area (Å²) in [4.78, 5) is 0.170. The minimum absolute atomic E-state index is 0.0251. The van der Waals surface area contributed by atoms with Crippen molar-refractivity contribution in [3.8, 4) is 0 Å². The first-order chi connectivity index (χ1) is 4.16. The quantitative estimate of drug-likeness (QED) is 0.447. The molecule has 0 aromatic carbocycles. The third-order valence-corrected chi connectivity index (χ3v) is 4.37. The van der Waals surface area contributed by atoms with Crippen LogP contribution >= 0.6 is 28.6 Å². The van der Waals surface area contributed by atoms with Crippen LogP contribution in [0.25, 0.3) is 0 Å². The molecule has 0 spiro atoms. The van der Waals surface area contributed by atoms with Crippen LogP contribution in [0.2, 0.25) is 0 Å². The van der Waals surface area contributed by atoms with Crippen molar-refractivity contribution < 1.29 is 10.2 Å². The molecular weight excluding hydrogens is 204 g/mol. The van der Waals surface area contributed by atoms with Gasteiger partial charge in [0, 0.05) is 17.4 Å².